The van der Waals surface area contributed by atoms with Gasteiger partial charge in [-0.15, -0.1) is 0 Å². The van der Waals surface area contributed by atoms with Crippen LogP contribution < -0.4 is 0 Å². The molecular formula is C13H17BrS. The molecule has 0 aliphatic heterocycles. The van der Waals surface area contributed by atoms with E-state index in [2.05, 4.69) is 52.0 Å². The van der Waals surface area contributed by atoms with Crippen molar-refractivity contribution in [2.24, 2.45) is 0 Å². The molecule has 0 unspecified atom stereocenters. The molecule has 2 rings (SSSR count). The molecule has 0 heterocycles. The summed E-state index contributed by atoms with van der Waals surface area (Å²) in [4.78, 5) is 0. The fraction of sp³-hybridized carbons (Fsp3) is 0.538. The first kappa shape index (κ1) is 11.5. The summed E-state index contributed by atoms with van der Waals surface area (Å²) in [5.41, 5.74) is 1.44. The molecule has 0 amide bonds. The third-order valence-electron chi connectivity index (χ3n) is 2.93. The molecule has 82 valence electrons. The van der Waals surface area contributed by atoms with Gasteiger partial charge >= 0.3 is 0 Å². The molecule has 0 spiro atoms. The SMILES string of the molecule is Brc1cccc(CSC2CCCCC2)c1. The molecule has 1 aliphatic carbocycles. The number of hydrogen-bond donors (Lipinski definition) is 0. The first-order chi connectivity index (χ1) is 7.34. The highest BCUT2D eigenvalue weighted by Gasteiger charge is 2.13. The Kier molecular flexibility index (Phi) is 4.58. The average Bonchev–Trinajstić information content (AvgIpc) is 2.28. The number of rotatable bonds is 3. The molecule has 1 saturated carbocycles. The van der Waals surface area contributed by atoms with Gasteiger partial charge in [-0.05, 0) is 30.5 Å². The standard InChI is InChI=1S/C13H17BrS/c14-12-6-4-5-11(9-12)10-15-13-7-2-1-3-8-13/h4-6,9,13H,1-3,7-8,10H2. The van der Waals surface area contributed by atoms with Crippen LogP contribution in [-0.2, 0) is 5.75 Å². The largest absolute Gasteiger partial charge is 0.154 e. The fourth-order valence-electron chi connectivity index (χ4n) is 2.07. The number of thioether (sulfide) groups is 1. The smallest absolute Gasteiger partial charge is 0.0187 e. The Bertz CT molecular complexity index is 305. The van der Waals surface area contributed by atoms with Crippen LogP contribution in [0.25, 0.3) is 0 Å². The minimum atomic E-state index is 0.915. The van der Waals surface area contributed by atoms with Crippen LogP contribution in [-0.4, -0.2) is 5.25 Å². The first-order valence-corrected chi connectivity index (χ1v) is 7.55. The Morgan fingerprint density at radius 3 is 2.73 bits per heavy atom. The fourth-order valence-corrected chi connectivity index (χ4v) is 3.79. The van der Waals surface area contributed by atoms with E-state index >= 15 is 0 Å². The molecule has 1 fully saturated rings. The predicted molar refractivity (Wildman–Crippen MR) is 72.3 cm³/mol. The third-order valence-corrected chi connectivity index (χ3v) is 4.86. The van der Waals surface area contributed by atoms with E-state index in [1.54, 1.807) is 0 Å². The topological polar surface area (TPSA) is 0 Å². The summed E-state index contributed by atoms with van der Waals surface area (Å²) in [7, 11) is 0. The maximum atomic E-state index is 3.52. The highest BCUT2D eigenvalue weighted by Crippen LogP contribution is 2.30. The van der Waals surface area contributed by atoms with Gasteiger partial charge in [0.25, 0.3) is 0 Å². The monoisotopic (exact) mass is 284 g/mol. The van der Waals surface area contributed by atoms with Gasteiger partial charge in [0.1, 0.15) is 0 Å². The summed E-state index contributed by atoms with van der Waals surface area (Å²) >= 11 is 5.66. The highest BCUT2D eigenvalue weighted by molar-refractivity contribution is 9.10. The van der Waals surface area contributed by atoms with Crippen LogP contribution in [0.15, 0.2) is 28.7 Å². The Hall–Kier alpha value is 0.0500. The summed E-state index contributed by atoms with van der Waals surface area (Å²) in [6, 6.07) is 8.67. The summed E-state index contributed by atoms with van der Waals surface area (Å²) in [6.07, 6.45) is 7.19. The van der Waals surface area contributed by atoms with Crippen molar-refractivity contribution in [2.45, 2.75) is 43.1 Å². The van der Waals surface area contributed by atoms with Crippen molar-refractivity contribution in [1.82, 2.24) is 0 Å². The van der Waals surface area contributed by atoms with Crippen LogP contribution >= 0.6 is 27.7 Å². The minimum Gasteiger partial charge on any atom is -0.154 e. The van der Waals surface area contributed by atoms with Crippen molar-refractivity contribution >= 4 is 27.7 Å². The van der Waals surface area contributed by atoms with Crippen molar-refractivity contribution in [3.05, 3.63) is 34.3 Å². The summed E-state index contributed by atoms with van der Waals surface area (Å²) < 4.78 is 1.20. The van der Waals surface area contributed by atoms with E-state index in [-0.39, 0.29) is 0 Å². The van der Waals surface area contributed by atoms with Crippen LogP contribution in [0.3, 0.4) is 0 Å². The van der Waals surface area contributed by atoms with Crippen molar-refractivity contribution in [1.29, 1.82) is 0 Å². The second-order valence-electron chi connectivity index (χ2n) is 4.20. The van der Waals surface area contributed by atoms with E-state index in [9.17, 15) is 0 Å². The molecule has 0 bridgehead atoms. The molecule has 0 radical (unpaired) electrons. The van der Waals surface area contributed by atoms with Gasteiger partial charge in [-0.25, -0.2) is 0 Å². The summed E-state index contributed by atoms with van der Waals surface area (Å²) in [6.45, 7) is 0. The zero-order valence-electron chi connectivity index (χ0n) is 8.92. The maximum absolute atomic E-state index is 3.52. The Morgan fingerprint density at radius 1 is 1.20 bits per heavy atom. The van der Waals surface area contributed by atoms with Gasteiger partial charge in [0.15, 0.2) is 0 Å². The lowest BCUT2D eigenvalue weighted by Gasteiger charge is -2.20. The van der Waals surface area contributed by atoms with E-state index in [0.29, 0.717) is 0 Å². The molecule has 1 aliphatic rings. The maximum Gasteiger partial charge on any atom is 0.0187 e. The molecule has 0 atom stereocenters. The molecular weight excluding hydrogens is 268 g/mol. The molecule has 0 aromatic heterocycles. The zero-order chi connectivity index (χ0) is 10.5. The quantitative estimate of drug-likeness (QED) is 0.751. The zero-order valence-corrected chi connectivity index (χ0v) is 11.3. The Morgan fingerprint density at radius 2 is 2.00 bits per heavy atom. The van der Waals surface area contributed by atoms with Crippen molar-refractivity contribution in [3.8, 4) is 0 Å². The van der Waals surface area contributed by atoms with Crippen LogP contribution in [0.2, 0.25) is 0 Å². The lowest BCUT2D eigenvalue weighted by Crippen LogP contribution is -2.08. The van der Waals surface area contributed by atoms with Crippen molar-refractivity contribution < 1.29 is 0 Å². The normalized spacial score (nSPS) is 17.9. The molecule has 1 aromatic carbocycles. The predicted octanol–water partition coefficient (Wildman–Crippen LogP) is 5.02. The lowest BCUT2D eigenvalue weighted by atomic mass is 10.0. The molecule has 15 heavy (non-hydrogen) atoms. The molecule has 2 heteroatoms. The van der Waals surface area contributed by atoms with Crippen LogP contribution in [0.5, 0.6) is 0 Å². The Balaban J connectivity index is 1.81. The summed E-state index contributed by atoms with van der Waals surface area (Å²) in [5.74, 6) is 1.17. The van der Waals surface area contributed by atoms with E-state index in [1.807, 2.05) is 0 Å². The van der Waals surface area contributed by atoms with E-state index in [0.717, 1.165) is 5.25 Å². The number of halogens is 1. The van der Waals surface area contributed by atoms with E-state index in [4.69, 9.17) is 0 Å². The minimum absolute atomic E-state index is 0.915. The first-order valence-electron chi connectivity index (χ1n) is 5.70. The van der Waals surface area contributed by atoms with E-state index in [1.165, 1.54) is 47.9 Å². The highest BCUT2D eigenvalue weighted by atomic mass is 79.9. The molecule has 0 nitrogen and oxygen atoms in total. The second-order valence-corrected chi connectivity index (χ2v) is 6.41. The van der Waals surface area contributed by atoms with Gasteiger partial charge in [-0.3, -0.25) is 0 Å². The van der Waals surface area contributed by atoms with Crippen molar-refractivity contribution in [2.75, 3.05) is 0 Å². The Labute approximate surface area is 105 Å². The molecule has 0 N–H and O–H groups in total. The molecule has 1 aromatic rings. The van der Waals surface area contributed by atoms with Crippen LogP contribution in [0, 0.1) is 0 Å². The third kappa shape index (κ3) is 3.84. The van der Waals surface area contributed by atoms with Gasteiger partial charge in [-0.2, -0.15) is 11.8 Å². The van der Waals surface area contributed by atoms with E-state index < -0.39 is 0 Å². The second kappa shape index (κ2) is 5.95. The van der Waals surface area contributed by atoms with Gasteiger partial charge in [0.2, 0.25) is 0 Å². The van der Waals surface area contributed by atoms with Crippen LogP contribution in [0.1, 0.15) is 37.7 Å². The van der Waals surface area contributed by atoms with Crippen molar-refractivity contribution in [3.63, 3.8) is 0 Å². The molecule has 0 saturated heterocycles. The van der Waals surface area contributed by atoms with Gasteiger partial charge in [0, 0.05) is 15.5 Å². The number of benzene rings is 1. The lowest BCUT2D eigenvalue weighted by molar-refractivity contribution is 0.516. The summed E-state index contributed by atoms with van der Waals surface area (Å²) in [5, 5.41) is 0.915. The van der Waals surface area contributed by atoms with Crippen LogP contribution in [0.4, 0.5) is 0 Å². The number of hydrogen-bond acceptors (Lipinski definition) is 1. The van der Waals surface area contributed by atoms with Gasteiger partial charge < -0.3 is 0 Å². The van der Waals surface area contributed by atoms with Gasteiger partial charge in [-0.1, -0.05) is 47.3 Å². The average molecular weight is 285 g/mol. The van der Waals surface area contributed by atoms with Gasteiger partial charge in [0.05, 0.1) is 0 Å².